The highest BCUT2D eigenvalue weighted by atomic mass is 35.5. The number of aromatic nitrogens is 3. The lowest BCUT2D eigenvalue weighted by Gasteiger charge is -2.25. The molecule has 1 fully saturated rings. The first-order valence-corrected chi connectivity index (χ1v) is 10.1. The van der Waals surface area contributed by atoms with Gasteiger partial charge in [0, 0.05) is 17.1 Å². The molecule has 0 aliphatic carbocycles. The molecular formula is C21H21ClN4OS. The van der Waals surface area contributed by atoms with Crippen molar-refractivity contribution in [3.8, 4) is 11.4 Å². The quantitative estimate of drug-likeness (QED) is 0.618. The van der Waals surface area contributed by atoms with E-state index in [2.05, 4.69) is 41.4 Å². The standard InChI is InChI=1S/C21H21ClN4OS/c1-14-4-6-15(7-5-14)18-3-2-12-25(18)19(27)13-26-20(23-24-21(26)28)16-8-10-17(22)11-9-16/h4-11,18H,2-3,12-13H2,1H3,(H,24,28). The number of halogens is 1. The van der Waals surface area contributed by atoms with Gasteiger partial charge in [-0.2, -0.15) is 5.10 Å². The van der Waals surface area contributed by atoms with Crippen molar-refractivity contribution in [1.82, 2.24) is 19.7 Å². The molecule has 2 aromatic carbocycles. The number of amides is 1. The van der Waals surface area contributed by atoms with E-state index in [1.807, 2.05) is 17.0 Å². The molecule has 1 atom stereocenters. The summed E-state index contributed by atoms with van der Waals surface area (Å²) in [6.45, 7) is 2.99. The van der Waals surface area contributed by atoms with Gasteiger partial charge in [-0.1, -0.05) is 41.4 Å². The molecule has 28 heavy (non-hydrogen) atoms. The van der Waals surface area contributed by atoms with Gasteiger partial charge in [-0.3, -0.25) is 14.5 Å². The first-order chi connectivity index (χ1) is 13.5. The van der Waals surface area contributed by atoms with Crippen LogP contribution in [0.25, 0.3) is 11.4 Å². The second kappa shape index (κ2) is 7.89. The number of aryl methyl sites for hydroxylation is 1. The van der Waals surface area contributed by atoms with E-state index in [0.717, 1.165) is 24.9 Å². The van der Waals surface area contributed by atoms with Crippen molar-refractivity contribution in [3.63, 3.8) is 0 Å². The molecule has 144 valence electrons. The van der Waals surface area contributed by atoms with Crippen molar-refractivity contribution in [2.75, 3.05) is 6.54 Å². The highest BCUT2D eigenvalue weighted by Gasteiger charge is 2.30. The van der Waals surface area contributed by atoms with E-state index in [1.165, 1.54) is 11.1 Å². The van der Waals surface area contributed by atoms with Gasteiger partial charge in [0.25, 0.3) is 0 Å². The van der Waals surface area contributed by atoms with Crippen LogP contribution in [-0.2, 0) is 11.3 Å². The Bertz CT molecular complexity index is 1040. The topological polar surface area (TPSA) is 53.9 Å². The molecule has 0 radical (unpaired) electrons. The summed E-state index contributed by atoms with van der Waals surface area (Å²) >= 11 is 11.4. The van der Waals surface area contributed by atoms with Gasteiger partial charge in [0.1, 0.15) is 6.54 Å². The highest BCUT2D eigenvalue weighted by molar-refractivity contribution is 7.71. The van der Waals surface area contributed by atoms with Crippen molar-refractivity contribution < 1.29 is 4.79 Å². The summed E-state index contributed by atoms with van der Waals surface area (Å²) in [5, 5.41) is 7.77. The molecule has 3 aromatic rings. The van der Waals surface area contributed by atoms with Crippen molar-refractivity contribution in [3.05, 3.63) is 69.5 Å². The summed E-state index contributed by atoms with van der Waals surface area (Å²) in [4.78, 5) is 15.1. The van der Waals surface area contributed by atoms with Crippen LogP contribution in [0.2, 0.25) is 5.02 Å². The number of nitrogens with zero attached hydrogens (tertiary/aromatic N) is 3. The molecule has 4 rings (SSSR count). The van der Waals surface area contributed by atoms with E-state index in [-0.39, 0.29) is 18.5 Å². The van der Waals surface area contributed by atoms with Crippen LogP contribution in [0.1, 0.15) is 30.0 Å². The van der Waals surface area contributed by atoms with Gasteiger partial charge in [0.15, 0.2) is 10.6 Å². The second-order valence-corrected chi connectivity index (χ2v) is 7.92. The Balaban J connectivity index is 1.58. The number of hydrogen-bond donors (Lipinski definition) is 1. The zero-order valence-corrected chi connectivity index (χ0v) is 17.1. The molecular weight excluding hydrogens is 392 g/mol. The molecule has 0 saturated carbocycles. The molecule has 0 spiro atoms. The number of carbonyl (C=O) groups excluding carboxylic acids is 1. The molecule has 1 aromatic heterocycles. The first kappa shape index (κ1) is 18.9. The van der Waals surface area contributed by atoms with Crippen LogP contribution in [0.5, 0.6) is 0 Å². The Morgan fingerprint density at radius 3 is 2.64 bits per heavy atom. The molecule has 1 aliphatic heterocycles. The fourth-order valence-electron chi connectivity index (χ4n) is 3.71. The lowest BCUT2D eigenvalue weighted by molar-refractivity contribution is -0.132. The molecule has 0 bridgehead atoms. The molecule has 1 unspecified atom stereocenters. The monoisotopic (exact) mass is 412 g/mol. The van der Waals surface area contributed by atoms with Crippen LogP contribution in [0.4, 0.5) is 0 Å². The van der Waals surface area contributed by atoms with Crippen molar-refractivity contribution in [2.45, 2.75) is 32.4 Å². The van der Waals surface area contributed by atoms with Gasteiger partial charge in [-0.25, -0.2) is 0 Å². The average Bonchev–Trinajstić information content (AvgIpc) is 3.31. The summed E-state index contributed by atoms with van der Waals surface area (Å²) in [5.74, 6) is 0.692. The van der Waals surface area contributed by atoms with E-state index in [0.29, 0.717) is 15.6 Å². The Morgan fingerprint density at radius 2 is 1.93 bits per heavy atom. The summed E-state index contributed by atoms with van der Waals surface area (Å²) in [6.07, 6.45) is 1.99. The van der Waals surface area contributed by atoms with Crippen LogP contribution in [0.15, 0.2) is 48.5 Å². The van der Waals surface area contributed by atoms with Gasteiger partial charge in [-0.05, 0) is 61.8 Å². The largest absolute Gasteiger partial charge is 0.334 e. The van der Waals surface area contributed by atoms with Crippen molar-refractivity contribution in [2.24, 2.45) is 0 Å². The van der Waals surface area contributed by atoms with E-state index < -0.39 is 0 Å². The maximum Gasteiger partial charge on any atom is 0.243 e. The smallest absolute Gasteiger partial charge is 0.243 e. The minimum Gasteiger partial charge on any atom is -0.334 e. The third-order valence-electron chi connectivity index (χ3n) is 5.19. The van der Waals surface area contributed by atoms with Crippen LogP contribution < -0.4 is 0 Å². The summed E-state index contributed by atoms with van der Waals surface area (Å²) in [5.41, 5.74) is 3.27. The Kier molecular flexibility index (Phi) is 5.33. The van der Waals surface area contributed by atoms with Crippen LogP contribution in [0, 0.1) is 11.7 Å². The number of aromatic amines is 1. The molecule has 5 nitrogen and oxygen atoms in total. The highest BCUT2D eigenvalue weighted by Crippen LogP contribution is 2.32. The predicted molar refractivity (Wildman–Crippen MR) is 113 cm³/mol. The minimum absolute atomic E-state index is 0.0517. The first-order valence-electron chi connectivity index (χ1n) is 9.30. The Hall–Kier alpha value is -2.44. The molecule has 2 heterocycles. The second-order valence-electron chi connectivity index (χ2n) is 7.10. The molecule has 1 N–H and O–H groups in total. The van der Waals surface area contributed by atoms with Crippen molar-refractivity contribution >= 4 is 29.7 Å². The number of H-pyrrole nitrogens is 1. The zero-order valence-electron chi connectivity index (χ0n) is 15.6. The van der Waals surface area contributed by atoms with E-state index >= 15 is 0 Å². The third kappa shape index (κ3) is 3.75. The fourth-order valence-corrected chi connectivity index (χ4v) is 4.03. The number of benzene rings is 2. The number of hydrogen-bond acceptors (Lipinski definition) is 3. The van der Waals surface area contributed by atoms with Gasteiger partial charge >= 0.3 is 0 Å². The maximum atomic E-state index is 13.1. The molecule has 7 heteroatoms. The number of nitrogens with one attached hydrogen (secondary N) is 1. The summed E-state index contributed by atoms with van der Waals surface area (Å²) in [6, 6.07) is 15.9. The normalized spacial score (nSPS) is 16.5. The lowest BCUT2D eigenvalue weighted by atomic mass is 10.0. The number of carbonyl (C=O) groups is 1. The Labute approximate surface area is 174 Å². The number of rotatable bonds is 4. The van der Waals surface area contributed by atoms with Gasteiger partial charge in [0.2, 0.25) is 5.91 Å². The Morgan fingerprint density at radius 1 is 1.21 bits per heavy atom. The lowest BCUT2D eigenvalue weighted by Crippen LogP contribution is -2.33. The van der Waals surface area contributed by atoms with Crippen LogP contribution in [-0.4, -0.2) is 32.1 Å². The van der Waals surface area contributed by atoms with Crippen molar-refractivity contribution in [1.29, 1.82) is 0 Å². The third-order valence-corrected chi connectivity index (χ3v) is 5.75. The molecule has 1 saturated heterocycles. The van der Waals surface area contributed by atoms with Gasteiger partial charge < -0.3 is 4.90 Å². The van der Waals surface area contributed by atoms with E-state index in [4.69, 9.17) is 23.8 Å². The molecule has 1 aliphatic rings. The van der Waals surface area contributed by atoms with Crippen LogP contribution >= 0.6 is 23.8 Å². The molecule has 1 amide bonds. The van der Waals surface area contributed by atoms with Gasteiger partial charge in [0.05, 0.1) is 6.04 Å². The minimum atomic E-state index is 0.0517. The summed E-state index contributed by atoms with van der Waals surface area (Å²) < 4.78 is 2.19. The van der Waals surface area contributed by atoms with Crippen LogP contribution in [0.3, 0.4) is 0 Å². The summed E-state index contributed by atoms with van der Waals surface area (Å²) in [7, 11) is 0. The number of likely N-dealkylation sites (tertiary alicyclic amines) is 1. The average molecular weight is 413 g/mol. The van der Waals surface area contributed by atoms with E-state index in [9.17, 15) is 4.79 Å². The SMILES string of the molecule is Cc1ccc(C2CCCN2C(=O)Cn2c(-c3ccc(Cl)cc3)n[nH]c2=S)cc1. The maximum absolute atomic E-state index is 13.1. The van der Waals surface area contributed by atoms with Gasteiger partial charge in [-0.15, -0.1) is 0 Å². The predicted octanol–water partition coefficient (Wildman–Crippen LogP) is 4.93. The fraction of sp³-hybridized carbons (Fsp3) is 0.286. The zero-order chi connectivity index (χ0) is 19.7. The van der Waals surface area contributed by atoms with E-state index in [1.54, 1.807) is 16.7 Å².